The van der Waals surface area contributed by atoms with Crippen molar-refractivity contribution in [2.45, 2.75) is 26.2 Å². The maximum atomic E-state index is 4.17. The van der Waals surface area contributed by atoms with Crippen LogP contribution in [0.2, 0.25) is 0 Å². The summed E-state index contributed by atoms with van der Waals surface area (Å²) in [7, 11) is 1.80. The largest absolute Gasteiger partial charge is 0.356 e. The molecule has 5 heteroatoms. The third-order valence-electron chi connectivity index (χ3n) is 3.64. The fraction of sp³-hybridized carbons (Fsp3) is 0.786. The van der Waals surface area contributed by atoms with Gasteiger partial charge in [-0.3, -0.25) is 4.99 Å². The number of aliphatic imine (C=N–C) groups is 1. The fourth-order valence-corrected chi connectivity index (χ4v) is 2.38. The Morgan fingerprint density at radius 2 is 2.05 bits per heavy atom. The van der Waals surface area contributed by atoms with Crippen LogP contribution in [0.1, 0.15) is 26.2 Å². The zero-order valence-corrected chi connectivity index (χ0v) is 14.7. The summed E-state index contributed by atoms with van der Waals surface area (Å²) >= 11 is 0. The molecule has 0 atom stereocenters. The van der Waals surface area contributed by atoms with Gasteiger partial charge in [-0.1, -0.05) is 13.0 Å². The van der Waals surface area contributed by atoms with Gasteiger partial charge in [0.25, 0.3) is 0 Å². The summed E-state index contributed by atoms with van der Waals surface area (Å²) in [6, 6.07) is 0. The van der Waals surface area contributed by atoms with Gasteiger partial charge in [0.15, 0.2) is 5.96 Å². The monoisotopic (exact) mass is 380 g/mol. The Morgan fingerprint density at radius 3 is 2.58 bits per heavy atom. The van der Waals surface area contributed by atoms with Gasteiger partial charge in [-0.2, -0.15) is 0 Å². The molecule has 0 amide bonds. The molecule has 0 radical (unpaired) electrons. The molecule has 1 rings (SSSR count). The number of likely N-dealkylation sites (tertiary alicyclic amines) is 1. The lowest BCUT2D eigenvalue weighted by Gasteiger charge is -2.31. The molecule has 112 valence electrons. The molecule has 1 saturated heterocycles. The predicted molar refractivity (Wildman–Crippen MR) is 94.4 cm³/mol. The number of hydrogen-bond acceptors (Lipinski definition) is 2. The van der Waals surface area contributed by atoms with E-state index < -0.39 is 0 Å². The quantitative estimate of drug-likeness (QED) is 0.321. The third kappa shape index (κ3) is 7.77. The summed E-state index contributed by atoms with van der Waals surface area (Å²) in [5, 5.41) is 6.54. The van der Waals surface area contributed by atoms with Crippen LogP contribution in [0.4, 0.5) is 0 Å². The second-order valence-electron chi connectivity index (χ2n) is 4.83. The lowest BCUT2D eigenvalue weighted by molar-refractivity contribution is 0.187. The Kier molecular flexibility index (Phi) is 11.3. The van der Waals surface area contributed by atoms with Crippen LogP contribution in [0.15, 0.2) is 17.6 Å². The van der Waals surface area contributed by atoms with Crippen LogP contribution >= 0.6 is 24.0 Å². The Hall–Kier alpha value is -0.300. The van der Waals surface area contributed by atoms with Gasteiger partial charge in [-0.05, 0) is 44.8 Å². The van der Waals surface area contributed by atoms with Gasteiger partial charge in [-0.25, -0.2) is 0 Å². The third-order valence-corrected chi connectivity index (χ3v) is 3.64. The van der Waals surface area contributed by atoms with Gasteiger partial charge in [0.05, 0.1) is 0 Å². The molecule has 1 aliphatic heterocycles. The summed E-state index contributed by atoms with van der Waals surface area (Å²) in [6.07, 6.45) is 5.77. The minimum Gasteiger partial charge on any atom is -0.356 e. The van der Waals surface area contributed by atoms with E-state index >= 15 is 0 Å². The molecular weight excluding hydrogens is 351 g/mol. The number of rotatable bonds is 6. The summed E-state index contributed by atoms with van der Waals surface area (Å²) in [6.45, 7) is 11.4. The van der Waals surface area contributed by atoms with Crippen molar-refractivity contribution >= 4 is 29.9 Å². The topological polar surface area (TPSA) is 39.7 Å². The highest BCUT2D eigenvalue weighted by Gasteiger charge is 2.17. The Labute approximate surface area is 135 Å². The second-order valence-corrected chi connectivity index (χ2v) is 4.83. The summed E-state index contributed by atoms with van der Waals surface area (Å²) in [5.74, 6) is 1.75. The Morgan fingerprint density at radius 1 is 1.37 bits per heavy atom. The van der Waals surface area contributed by atoms with E-state index in [1.165, 1.54) is 38.9 Å². The fourth-order valence-electron chi connectivity index (χ4n) is 2.38. The molecule has 0 bridgehead atoms. The summed E-state index contributed by atoms with van der Waals surface area (Å²) in [4.78, 5) is 6.71. The van der Waals surface area contributed by atoms with Crippen LogP contribution in [0.25, 0.3) is 0 Å². The maximum absolute atomic E-state index is 4.17. The molecule has 0 unspecified atom stereocenters. The van der Waals surface area contributed by atoms with Crippen molar-refractivity contribution < 1.29 is 0 Å². The van der Waals surface area contributed by atoms with Crippen LogP contribution in [0.3, 0.4) is 0 Å². The zero-order chi connectivity index (χ0) is 13.2. The Balaban J connectivity index is 0.00000324. The van der Waals surface area contributed by atoms with Gasteiger partial charge < -0.3 is 15.5 Å². The lowest BCUT2D eigenvalue weighted by atomic mass is 9.93. The van der Waals surface area contributed by atoms with Crippen LogP contribution in [0, 0.1) is 5.92 Å². The van der Waals surface area contributed by atoms with E-state index in [4.69, 9.17) is 0 Å². The van der Waals surface area contributed by atoms with Crippen LogP contribution in [-0.4, -0.2) is 50.6 Å². The highest BCUT2D eigenvalue weighted by atomic mass is 127. The van der Waals surface area contributed by atoms with E-state index in [9.17, 15) is 0 Å². The predicted octanol–water partition coefficient (Wildman–Crippen LogP) is 2.08. The van der Waals surface area contributed by atoms with Crippen molar-refractivity contribution in [3.05, 3.63) is 12.7 Å². The van der Waals surface area contributed by atoms with Crippen molar-refractivity contribution in [3.63, 3.8) is 0 Å². The van der Waals surface area contributed by atoms with E-state index in [-0.39, 0.29) is 24.0 Å². The normalized spacial score (nSPS) is 17.7. The van der Waals surface area contributed by atoms with Gasteiger partial charge in [0, 0.05) is 20.1 Å². The van der Waals surface area contributed by atoms with E-state index in [2.05, 4.69) is 34.0 Å². The first-order valence-corrected chi connectivity index (χ1v) is 7.07. The van der Waals surface area contributed by atoms with Crippen molar-refractivity contribution in [3.8, 4) is 0 Å². The highest BCUT2D eigenvalue weighted by Crippen LogP contribution is 2.19. The Bertz CT molecular complexity index is 260. The van der Waals surface area contributed by atoms with Crippen LogP contribution < -0.4 is 10.6 Å². The molecular formula is C14H29IN4. The summed E-state index contributed by atoms with van der Waals surface area (Å²) in [5.41, 5.74) is 0. The lowest BCUT2D eigenvalue weighted by Crippen LogP contribution is -2.39. The molecule has 1 fully saturated rings. The van der Waals surface area contributed by atoms with E-state index in [0.717, 1.165) is 25.0 Å². The molecule has 0 saturated carbocycles. The van der Waals surface area contributed by atoms with E-state index in [0.29, 0.717) is 0 Å². The molecule has 0 aromatic heterocycles. The first-order chi connectivity index (χ1) is 8.80. The molecule has 0 spiro atoms. The van der Waals surface area contributed by atoms with E-state index in [1.807, 2.05) is 6.08 Å². The second kappa shape index (κ2) is 11.5. The van der Waals surface area contributed by atoms with Crippen molar-refractivity contribution in [2.75, 3.05) is 39.8 Å². The smallest absolute Gasteiger partial charge is 0.191 e. The van der Waals surface area contributed by atoms with Gasteiger partial charge in [-0.15, -0.1) is 30.6 Å². The standard InChI is InChI=1S/C14H28N4.HI/c1-4-9-16-14(15-3)17-10-6-13-7-11-18(5-2)12-8-13;/h4,13H,1,5-12H2,2-3H3,(H2,15,16,17);1H. The van der Waals surface area contributed by atoms with Crippen LogP contribution in [0.5, 0.6) is 0 Å². The zero-order valence-electron chi connectivity index (χ0n) is 12.3. The average Bonchev–Trinajstić information content (AvgIpc) is 2.43. The molecule has 1 heterocycles. The molecule has 1 aliphatic rings. The minimum absolute atomic E-state index is 0. The number of halogens is 1. The number of nitrogens with zero attached hydrogens (tertiary/aromatic N) is 2. The molecule has 4 nitrogen and oxygen atoms in total. The highest BCUT2D eigenvalue weighted by molar-refractivity contribution is 14.0. The molecule has 0 aromatic carbocycles. The van der Waals surface area contributed by atoms with Crippen LogP contribution in [-0.2, 0) is 0 Å². The minimum atomic E-state index is 0. The number of guanidine groups is 1. The first kappa shape index (κ1) is 18.7. The SMILES string of the molecule is C=CCNC(=NC)NCCC1CCN(CC)CC1.I. The number of piperidine rings is 1. The number of nitrogens with one attached hydrogen (secondary N) is 2. The first-order valence-electron chi connectivity index (χ1n) is 7.07. The molecule has 19 heavy (non-hydrogen) atoms. The van der Waals surface area contributed by atoms with Gasteiger partial charge in [0.2, 0.25) is 0 Å². The molecule has 0 aromatic rings. The van der Waals surface area contributed by atoms with Crippen molar-refractivity contribution in [1.82, 2.24) is 15.5 Å². The van der Waals surface area contributed by atoms with E-state index in [1.54, 1.807) is 7.05 Å². The van der Waals surface area contributed by atoms with Gasteiger partial charge in [0.1, 0.15) is 0 Å². The average molecular weight is 380 g/mol. The number of hydrogen-bond donors (Lipinski definition) is 2. The van der Waals surface area contributed by atoms with Crippen molar-refractivity contribution in [2.24, 2.45) is 10.9 Å². The van der Waals surface area contributed by atoms with Crippen molar-refractivity contribution in [1.29, 1.82) is 0 Å². The molecule has 2 N–H and O–H groups in total. The maximum Gasteiger partial charge on any atom is 0.191 e. The van der Waals surface area contributed by atoms with Gasteiger partial charge >= 0.3 is 0 Å². The molecule has 0 aliphatic carbocycles. The summed E-state index contributed by atoms with van der Waals surface area (Å²) < 4.78 is 0.